The second-order valence-corrected chi connectivity index (χ2v) is 7.36. The second kappa shape index (κ2) is 6.76. The van der Waals surface area contributed by atoms with E-state index in [0.717, 1.165) is 29.7 Å². The molecule has 0 fully saturated rings. The van der Waals surface area contributed by atoms with Crippen molar-refractivity contribution in [2.45, 2.75) is 37.9 Å². The van der Waals surface area contributed by atoms with Gasteiger partial charge in [-0.3, -0.25) is 4.79 Å². The number of hydrogen-bond donors (Lipinski definition) is 2. The fourth-order valence-corrected chi connectivity index (χ4v) is 3.53. The molecule has 0 bridgehead atoms. The first kappa shape index (κ1) is 19.0. The summed E-state index contributed by atoms with van der Waals surface area (Å²) in [7, 11) is 0. The Morgan fingerprint density at radius 2 is 1.78 bits per heavy atom. The van der Waals surface area contributed by atoms with Crippen LogP contribution < -0.4 is 10.6 Å². The largest absolute Gasteiger partial charge is 0.416 e. The van der Waals surface area contributed by atoms with Crippen LogP contribution in [0.4, 0.5) is 24.5 Å². The quantitative estimate of drug-likeness (QED) is 0.678. The number of hydrogen-bond acceptors (Lipinski definition) is 2. The molecule has 0 spiro atoms. The van der Waals surface area contributed by atoms with Crippen molar-refractivity contribution in [3.63, 3.8) is 0 Å². The van der Waals surface area contributed by atoms with Crippen LogP contribution in [-0.4, -0.2) is 5.91 Å². The van der Waals surface area contributed by atoms with E-state index in [-0.39, 0.29) is 17.4 Å². The van der Waals surface area contributed by atoms with Crippen LogP contribution in [0.2, 0.25) is 0 Å². The number of fused-ring (bicyclic) bond motifs is 1. The Hall–Kier alpha value is -2.76. The fraction of sp³-hybridized carbons (Fsp3) is 0.286. The Bertz CT molecular complexity index is 870. The third-order valence-corrected chi connectivity index (χ3v) is 4.88. The molecule has 0 aromatic heterocycles. The van der Waals surface area contributed by atoms with Crippen LogP contribution in [0.3, 0.4) is 0 Å². The number of halogens is 3. The molecule has 0 saturated carbocycles. The number of anilines is 2. The first-order valence-electron chi connectivity index (χ1n) is 8.62. The van der Waals surface area contributed by atoms with Gasteiger partial charge in [-0.05, 0) is 65.4 Å². The Balaban J connectivity index is 1.83. The van der Waals surface area contributed by atoms with Gasteiger partial charge in [0.2, 0.25) is 5.91 Å². The van der Waals surface area contributed by atoms with Gasteiger partial charge in [-0.2, -0.15) is 13.2 Å². The lowest BCUT2D eigenvalue weighted by molar-refractivity contribution is -0.137. The van der Waals surface area contributed by atoms with Gasteiger partial charge < -0.3 is 10.6 Å². The summed E-state index contributed by atoms with van der Waals surface area (Å²) in [6, 6.07) is 10.8. The van der Waals surface area contributed by atoms with Gasteiger partial charge in [0.1, 0.15) is 0 Å². The molecule has 6 heteroatoms. The minimum atomic E-state index is -4.34. The molecule has 0 radical (unpaired) electrons. The van der Waals surface area contributed by atoms with Gasteiger partial charge in [0.05, 0.1) is 11.6 Å². The van der Waals surface area contributed by atoms with Crippen molar-refractivity contribution in [2.24, 2.45) is 0 Å². The first-order valence-corrected chi connectivity index (χ1v) is 8.62. The van der Waals surface area contributed by atoms with Crippen molar-refractivity contribution >= 4 is 17.3 Å². The zero-order valence-electron chi connectivity index (χ0n) is 15.2. The number of carbonyl (C=O) groups is 1. The number of rotatable bonds is 4. The van der Waals surface area contributed by atoms with E-state index < -0.39 is 11.7 Å². The van der Waals surface area contributed by atoms with Crippen molar-refractivity contribution in [1.29, 1.82) is 0 Å². The van der Waals surface area contributed by atoms with E-state index in [1.54, 1.807) is 0 Å². The second-order valence-electron chi connectivity index (χ2n) is 7.36. The minimum Gasteiger partial charge on any atom is -0.378 e. The molecule has 3 rings (SSSR count). The number of amides is 1. The number of benzene rings is 2. The van der Waals surface area contributed by atoms with E-state index in [1.165, 1.54) is 18.2 Å². The third-order valence-electron chi connectivity index (χ3n) is 4.88. The summed E-state index contributed by atoms with van der Waals surface area (Å²) in [6.45, 7) is 7.67. The predicted molar refractivity (Wildman–Crippen MR) is 101 cm³/mol. The van der Waals surface area contributed by atoms with E-state index in [1.807, 2.05) is 18.2 Å². The van der Waals surface area contributed by atoms with Crippen LogP contribution in [0.15, 0.2) is 55.1 Å². The summed E-state index contributed by atoms with van der Waals surface area (Å²) in [4.78, 5) is 11.5. The molecule has 0 saturated heterocycles. The summed E-state index contributed by atoms with van der Waals surface area (Å²) in [5, 5.41) is 6.09. The van der Waals surface area contributed by atoms with Crippen molar-refractivity contribution in [3.8, 4) is 0 Å². The number of nitrogens with one attached hydrogen (secondary N) is 2. The molecule has 142 valence electrons. The summed E-state index contributed by atoms with van der Waals surface area (Å²) in [6.07, 6.45) is -2.33. The van der Waals surface area contributed by atoms with Gasteiger partial charge >= 0.3 is 6.18 Å². The van der Waals surface area contributed by atoms with Crippen LogP contribution in [0.1, 0.15) is 43.0 Å². The molecule has 27 heavy (non-hydrogen) atoms. The minimum absolute atomic E-state index is 0.0177. The average molecular weight is 374 g/mol. The summed E-state index contributed by atoms with van der Waals surface area (Å²) in [5.41, 5.74) is 2.73. The van der Waals surface area contributed by atoms with E-state index in [4.69, 9.17) is 0 Å². The lowest BCUT2D eigenvalue weighted by Gasteiger charge is -2.20. The molecular weight excluding hydrogens is 353 g/mol. The molecule has 1 aliphatic carbocycles. The maximum atomic E-state index is 12.7. The molecule has 1 aliphatic rings. The van der Waals surface area contributed by atoms with E-state index >= 15 is 0 Å². The Morgan fingerprint density at radius 3 is 2.37 bits per heavy atom. The molecule has 2 aromatic carbocycles. The molecule has 1 amide bonds. The molecule has 0 aliphatic heterocycles. The SMILES string of the molecule is C=CC(=O)Nc1ccc2c(c1)C(C)(C)CC2Nc1ccc(C(F)(F)F)cc1. The molecule has 2 N–H and O–H groups in total. The lowest BCUT2D eigenvalue weighted by atomic mass is 9.86. The maximum Gasteiger partial charge on any atom is 0.416 e. The highest BCUT2D eigenvalue weighted by Crippen LogP contribution is 2.46. The first-order chi connectivity index (χ1) is 12.6. The highest BCUT2D eigenvalue weighted by molar-refractivity contribution is 5.99. The summed E-state index contributed by atoms with van der Waals surface area (Å²) >= 11 is 0. The highest BCUT2D eigenvalue weighted by Gasteiger charge is 2.37. The molecule has 0 heterocycles. The predicted octanol–water partition coefficient (Wildman–Crippen LogP) is 5.66. The Kier molecular flexibility index (Phi) is 4.76. The summed E-state index contributed by atoms with van der Waals surface area (Å²) < 4.78 is 38.2. The molecule has 1 unspecified atom stereocenters. The van der Waals surface area contributed by atoms with Crippen molar-refractivity contribution in [3.05, 3.63) is 71.8 Å². The van der Waals surface area contributed by atoms with Gasteiger partial charge in [-0.1, -0.05) is 26.5 Å². The van der Waals surface area contributed by atoms with E-state index in [0.29, 0.717) is 11.4 Å². The van der Waals surface area contributed by atoms with Crippen LogP contribution in [0.25, 0.3) is 0 Å². The van der Waals surface area contributed by atoms with Gasteiger partial charge in [0, 0.05) is 11.4 Å². The van der Waals surface area contributed by atoms with E-state index in [2.05, 4.69) is 31.1 Å². The van der Waals surface area contributed by atoms with Crippen LogP contribution in [-0.2, 0) is 16.4 Å². The van der Waals surface area contributed by atoms with Crippen LogP contribution in [0, 0.1) is 0 Å². The topological polar surface area (TPSA) is 41.1 Å². The highest BCUT2D eigenvalue weighted by atomic mass is 19.4. The Morgan fingerprint density at radius 1 is 1.15 bits per heavy atom. The van der Waals surface area contributed by atoms with Gasteiger partial charge in [0.15, 0.2) is 0 Å². The maximum absolute atomic E-state index is 12.7. The third kappa shape index (κ3) is 3.99. The number of alkyl halides is 3. The zero-order chi connectivity index (χ0) is 19.8. The van der Waals surface area contributed by atoms with Crippen molar-refractivity contribution in [1.82, 2.24) is 0 Å². The number of carbonyl (C=O) groups excluding carboxylic acids is 1. The molecule has 3 nitrogen and oxygen atoms in total. The smallest absolute Gasteiger partial charge is 0.378 e. The van der Waals surface area contributed by atoms with Crippen molar-refractivity contribution < 1.29 is 18.0 Å². The Labute approximate surface area is 156 Å². The summed E-state index contributed by atoms with van der Waals surface area (Å²) in [5.74, 6) is -0.273. The van der Waals surface area contributed by atoms with Crippen LogP contribution in [0.5, 0.6) is 0 Å². The van der Waals surface area contributed by atoms with Gasteiger partial charge in [0.25, 0.3) is 0 Å². The molecular formula is C21H21F3N2O. The normalized spacial score (nSPS) is 17.9. The average Bonchev–Trinajstić information content (AvgIpc) is 2.84. The molecule has 2 aromatic rings. The standard InChI is InChI=1S/C21H21F3N2O/c1-4-19(27)26-15-9-10-16-17(11-15)20(2,3)12-18(16)25-14-7-5-13(6-8-14)21(22,23)24/h4-11,18,25H,1,12H2,2-3H3,(H,26,27). The fourth-order valence-electron chi connectivity index (χ4n) is 3.53. The van der Waals surface area contributed by atoms with Gasteiger partial charge in [-0.15, -0.1) is 0 Å². The monoisotopic (exact) mass is 374 g/mol. The van der Waals surface area contributed by atoms with Crippen molar-refractivity contribution in [2.75, 3.05) is 10.6 Å². The van der Waals surface area contributed by atoms with Crippen LogP contribution >= 0.6 is 0 Å². The zero-order valence-corrected chi connectivity index (χ0v) is 15.2. The van der Waals surface area contributed by atoms with E-state index in [9.17, 15) is 18.0 Å². The lowest BCUT2D eigenvalue weighted by Crippen LogP contribution is -2.15. The van der Waals surface area contributed by atoms with Gasteiger partial charge in [-0.25, -0.2) is 0 Å². The molecule has 1 atom stereocenters.